The first-order chi connectivity index (χ1) is 10.1. The highest BCUT2D eigenvalue weighted by Crippen LogP contribution is 2.07. The molecule has 0 spiro atoms. The number of hydrogen-bond acceptors (Lipinski definition) is 4. The highest BCUT2D eigenvalue weighted by Gasteiger charge is 2.13. The second kappa shape index (κ2) is 6.95. The molecule has 108 valence electrons. The lowest BCUT2D eigenvalue weighted by Gasteiger charge is -2.07. The van der Waals surface area contributed by atoms with Crippen molar-refractivity contribution in [3.05, 3.63) is 65.7 Å². The number of carboxylic acid groups (broad SMARTS) is 1. The van der Waals surface area contributed by atoms with Crippen LogP contribution in [0.1, 0.15) is 11.3 Å². The van der Waals surface area contributed by atoms with Crippen LogP contribution >= 0.6 is 0 Å². The molecule has 6 nitrogen and oxygen atoms in total. The van der Waals surface area contributed by atoms with Gasteiger partial charge in [-0.2, -0.15) is 0 Å². The maximum Gasteiger partial charge on any atom is 0.412 e. The molecular weight excluding hydrogens is 274 g/mol. The summed E-state index contributed by atoms with van der Waals surface area (Å²) in [7, 11) is 0. The van der Waals surface area contributed by atoms with E-state index in [2.05, 4.69) is 5.32 Å². The zero-order valence-electron chi connectivity index (χ0n) is 11.0. The molecule has 2 aromatic rings. The van der Waals surface area contributed by atoms with Crippen molar-refractivity contribution >= 4 is 18.1 Å². The number of rotatable bonds is 5. The van der Waals surface area contributed by atoms with E-state index in [0.717, 1.165) is 5.56 Å². The molecule has 0 aliphatic heterocycles. The molecule has 1 heterocycles. The number of nitrogens with one attached hydrogen (secondary N) is 1. The number of benzene rings is 1. The Labute approximate surface area is 120 Å². The van der Waals surface area contributed by atoms with Crippen LogP contribution in [0.25, 0.3) is 6.08 Å². The van der Waals surface area contributed by atoms with E-state index in [9.17, 15) is 9.59 Å². The number of amides is 1. The van der Waals surface area contributed by atoms with Gasteiger partial charge >= 0.3 is 12.1 Å². The first-order valence-electron chi connectivity index (χ1n) is 6.11. The summed E-state index contributed by atoms with van der Waals surface area (Å²) in [6.07, 6.45) is 1.75. The standard InChI is InChI=1S/C15H13NO5/c17-14(18)13(9-12-7-4-8-20-12)16-15(19)21-10-11-5-2-1-3-6-11/h1-9H,10H2,(H,16,19)(H,17,18)/b13-9-. The molecule has 0 fully saturated rings. The van der Waals surface area contributed by atoms with Gasteiger partial charge in [-0.05, 0) is 17.7 Å². The van der Waals surface area contributed by atoms with Crippen molar-refractivity contribution in [2.75, 3.05) is 0 Å². The van der Waals surface area contributed by atoms with Gasteiger partial charge in [0.05, 0.1) is 6.26 Å². The maximum atomic E-state index is 11.6. The Kier molecular flexibility index (Phi) is 4.76. The van der Waals surface area contributed by atoms with Crippen LogP contribution in [0.4, 0.5) is 4.79 Å². The predicted molar refractivity (Wildman–Crippen MR) is 74.1 cm³/mol. The summed E-state index contributed by atoms with van der Waals surface area (Å²) in [5.41, 5.74) is 0.475. The molecule has 0 aliphatic carbocycles. The lowest BCUT2D eigenvalue weighted by molar-refractivity contribution is -0.132. The maximum absolute atomic E-state index is 11.6. The summed E-state index contributed by atoms with van der Waals surface area (Å²) in [6.45, 7) is 0.0559. The van der Waals surface area contributed by atoms with E-state index < -0.39 is 12.1 Å². The first kappa shape index (κ1) is 14.4. The van der Waals surface area contributed by atoms with E-state index in [1.807, 2.05) is 18.2 Å². The van der Waals surface area contributed by atoms with E-state index in [1.165, 1.54) is 12.3 Å². The molecule has 2 N–H and O–H groups in total. The number of alkyl carbamates (subject to hydrolysis) is 1. The Morgan fingerprint density at radius 1 is 1.19 bits per heavy atom. The van der Waals surface area contributed by atoms with Crippen molar-refractivity contribution in [1.82, 2.24) is 5.32 Å². The normalized spacial score (nSPS) is 11.0. The first-order valence-corrected chi connectivity index (χ1v) is 6.11. The topological polar surface area (TPSA) is 88.8 Å². The van der Waals surface area contributed by atoms with Gasteiger partial charge in [0.15, 0.2) is 0 Å². The van der Waals surface area contributed by atoms with Crippen LogP contribution in [0.3, 0.4) is 0 Å². The van der Waals surface area contributed by atoms with Gasteiger partial charge in [0.2, 0.25) is 0 Å². The molecule has 0 aliphatic rings. The summed E-state index contributed by atoms with van der Waals surface area (Å²) in [4.78, 5) is 22.6. The van der Waals surface area contributed by atoms with Gasteiger partial charge in [-0.25, -0.2) is 9.59 Å². The van der Waals surface area contributed by atoms with Crippen LogP contribution in [0.15, 0.2) is 58.8 Å². The molecule has 1 aromatic heterocycles. The zero-order chi connectivity index (χ0) is 15.1. The number of carbonyl (C=O) groups excluding carboxylic acids is 1. The van der Waals surface area contributed by atoms with Crippen LogP contribution in [0, 0.1) is 0 Å². The second-order valence-electron chi connectivity index (χ2n) is 4.07. The third-order valence-corrected chi connectivity index (χ3v) is 2.51. The van der Waals surface area contributed by atoms with Crippen LogP contribution < -0.4 is 5.32 Å². The lowest BCUT2D eigenvalue weighted by Crippen LogP contribution is -2.27. The fourth-order valence-corrected chi connectivity index (χ4v) is 1.54. The van der Waals surface area contributed by atoms with E-state index >= 15 is 0 Å². The van der Waals surface area contributed by atoms with E-state index in [4.69, 9.17) is 14.3 Å². The predicted octanol–water partition coefficient (Wildman–Crippen LogP) is 2.63. The second-order valence-corrected chi connectivity index (χ2v) is 4.07. The van der Waals surface area contributed by atoms with Gasteiger partial charge < -0.3 is 14.3 Å². The average Bonchev–Trinajstić information content (AvgIpc) is 2.98. The van der Waals surface area contributed by atoms with Gasteiger partial charge in [0.25, 0.3) is 0 Å². The summed E-state index contributed by atoms with van der Waals surface area (Å²) in [5, 5.41) is 11.2. The van der Waals surface area contributed by atoms with Crippen molar-refractivity contribution in [1.29, 1.82) is 0 Å². The molecule has 1 aromatic carbocycles. The van der Waals surface area contributed by atoms with Crippen LogP contribution in [-0.4, -0.2) is 17.2 Å². The number of furan rings is 1. The summed E-state index contributed by atoms with van der Waals surface area (Å²) in [6, 6.07) is 12.2. The molecular formula is C15H13NO5. The Bertz CT molecular complexity index is 631. The van der Waals surface area contributed by atoms with E-state index in [1.54, 1.807) is 24.3 Å². The Hall–Kier alpha value is -3.02. The minimum Gasteiger partial charge on any atom is -0.477 e. The van der Waals surface area contributed by atoms with Crippen molar-refractivity contribution in [2.24, 2.45) is 0 Å². The van der Waals surface area contributed by atoms with Crippen molar-refractivity contribution in [3.63, 3.8) is 0 Å². The number of aliphatic carboxylic acids is 1. The fraction of sp³-hybridized carbons (Fsp3) is 0.0667. The molecule has 0 unspecified atom stereocenters. The van der Waals surface area contributed by atoms with Crippen molar-refractivity contribution in [3.8, 4) is 0 Å². The van der Waals surface area contributed by atoms with Crippen LogP contribution in [0.5, 0.6) is 0 Å². The molecule has 0 atom stereocenters. The molecule has 0 saturated carbocycles. The monoisotopic (exact) mass is 287 g/mol. The Balaban J connectivity index is 1.94. The minimum atomic E-state index is -1.29. The SMILES string of the molecule is O=C(N/C(=C\c1ccco1)C(=O)O)OCc1ccccc1. The molecule has 0 saturated heterocycles. The smallest absolute Gasteiger partial charge is 0.412 e. The lowest BCUT2D eigenvalue weighted by atomic mass is 10.2. The molecule has 1 amide bonds. The molecule has 21 heavy (non-hydrogen) atoms. The van der Waals surface area contributed by atoms with Gasteiger partial charge in [0, 0.05) is 6.08 Å². The highest BCUT2D eigenvalue weighted by atomic mass is 16.5. The summed E-state index contributed by atoms with van der Waals surface area (Å²) >= 11 is 0. The number of hydrogen-bond donors (Lipinski definition) is 2. The highest BCUT2D eigenvalue weighted by molar-refractivity contribution is 5.95. The van der Waals surface area contributed by atoms with Crippen LogP contribution in [-0.2, 0) is 16.1 Å². The molecule has 6 heteroatoms. The van der Waals surface area contributed by atoms with Crippen molar-refractivity contribution < 1.29 is 23.8 Å². The third-order valence-electron chi connectivity index (χ3n) is 2.51. The molecule has 0 bridgehead atoms. The number of ether oxygens (including phenoxy) is 1. The Morgan fingerprint density at radius 2 is 1.95 bits per heavy atom. The zero-order valence-corrected chi connectivity index (χ0v) is 11.0. The van der Waals surface area contributed by atoms with Crippen molar-refractivity contribution in [2.45, 2.75) is 6.61 Å². The number of carboxylic acids is 1. The van der Waals surface area contributed by atoms with Gasteiger partial charge in [0.1, 0.15) is 18.1 Å². The largest absolute Gasteiger partial charge is 0.477 e. The number of carbonyl (C=O) groups is 2. The van der Waals surface area contributed by atoms with Gasteiger partial charge in [-0.1, -0.05) is 30.3 Å². The van der Waals surface area contributed by atoms with E-state index in [0.29, 0.717) is 5.76 Å². The quantitative estimate of drug-likeness (QED) is 0.825. The minimum absolute atomic E-state index is 0.0559. The van der Waals surface area contributed by atoms with Gasteiger partial charge in [-0.3, -0.25) is 5.32 Å². The third kappa shape index (κ3) is 4.54. The van der Waals surface area contributed by atoms with Crippen LogP contribution in [0.2, 0.25) is 0 Å². The Morgan fingerprint density at radius 3 is 2.57 bits per heavy atom. The average molecular weight is 287 g/mol. The van der Waals surface area contributed by atoms with E-state index in [-0.39, 0.29) is 12.3 Å². The summed E-state index contributed by atoms with van der Waals surface area (Å²) in [5.74, 6) is -0.973. The molecule has 0 radical (unpaired) electrons. The van der Waals surface area contributed by atoms with Gasteiger partial charge in [-0.15, -0.1) is 0 Å². The summed E-state index contributed by atoms with van der Waals surface area (Å²) < 4.78 is 9.94. The molecule has 2 rings (SSSR count). The fourth-order valence-electron chi connectivity index (χ4n) is 1.54.